The van der Waals surface area contributed by atoms with Gasteiger partial charge in [-0.15, -0.1) is 11.6 Å². The third-order valence-corrected chi connectivity index (χ3v) is 2.22. The summed E-state index contributed by atoms with van der Waals surface area (Å²) in [6.45, 7) is 0. The first kappa shape index (κ1) is 11.9. The van der Waals surface area contributed by atoms with E-state index in [1.165, 1.54) is 14.2 Å². The standard InChI is InChI=1S/C11H13ClO3/c1-14-9-4-3-5-10(15-2)11(9)8(13)6-7-12/h3-5H,6-7H2,1-2H3. The molecular weight excluding hydrogens is 216 g/mol. The molecule has 0 aliphatic heterocycles. The normalized spacial score (nSPS) is 9.80. The molecule has 4 heteroatoms. The van der Waals surface area contributed by atoms with Crippen LogP contribution in [-0.4, -0.2) is 25.9 Å². The summed E-state index contributed by atoms with van der Waals surface area (Å²) in [5, 5.41) is 0. The van der Waals surface area contributed by atoms with E-state index in [0.717, 1.165) is 0 Å². The highest BCUT2D eigenvalue weighted by Gasteiger charge is 2.16. The van der Waals surface area contributed by atoms with Crippen molar-refractivity contribution in [3.63, 3.8) is 0 Å². The van der Waals surface area contributed by atoms with Crippen LogP contribution in [0.25, 0.3) is 0 Å². The maximum absolute atomic E-state index is 11.8. The fraction of sp³-hybridized carbons (Fsp3) is 0.364. The van der Waals surface area contributed by atoms with Gasteiger partial charge in [0.05, 0.1) is 14.2 Å². The highest BCUT2D eigenvalue weighted by atomic mass is 35.5. The molecule has 0 aliphatic carbocycles. The highest BCUT2D eigenvalue weighted by molar-refractivity contribution is 6.20. The molecule has 82 valence electrons. The zero-order chi connectivity index (χ0) is 11.3. The van der Waals surface area contributed by atoms with Crippen molar-refractivity contribution >= 4 is 17.4 Å². The zero-order valence-corrected chi connectivity index (χ0v) is 9.50. The molecular formula is C11H13ClO3. The molecule has 1 rings (SSSR count). The Morgan fingerprint density at radius 3 is 2.20 bits per heavy atom. The van der Waals surface area contributed by atoms with Gasteiger partial charge in [0.1, 0.15) is 17.1 Å². The van der Waals surface area contributed by atoms with E-state index in [-0.39, 0.29) is 12.2 Å². The average Bonchev–Trinajstić information content (AvgIpc) is 2.28. The minimum absolute atomic E-state index is 0.0701. The summed E-state index contributed by atoms with van der Waals surface area (Å²) >= 11 is 5.53. The Labute approximate surface area is 93.9 Å². The molecule has 0 fully saturated rings. The van der Waals surface area contributed by atoms with Crippen LogP contribution in [0, 0.1) is 0 Å². The van der Waals surface area contributed by atoms with Crippen molar-refractivity contribution in [2.75, 3.05) is 20.1 Å². The summed E-state index contributed by atoms with van der Waals surface area (Å²) in [7, 11) is 3.04. The van der Waals surface area contributed by atoms with Gasteiger partial charge >= 0.3 is 0 Å². The third kappa shape index (κ3) is 2.63. The molecule has 0 unspecified atom stereocenters. The van der Waals surface area contributed by atoms with Crippen molar-refractivity contribution in [2.24, 2.45) is 0 Å². The fourth-order valence-electron chi connectivity index (χ4n) is 1.34. The average molecular weight is 229 g/mol. The minimum atomic E-state index is -0.0701. The lowest BCUT2D eigenvalue weighted by Crippen LogP contribution is -2.05. The first-order chi connectivity index (χ1) is 7.24. The van der Waals surface area contributed by atoms with Crippen LogP contribution in [0.3, 0.4) is 0 Å². The summed E-state index contributed by atoms with van der Waals surface area (Å²) in [6.07, 6.45) is 0.276. The monoisotopic (exact) mass is 228 g/mol. The van der Waals surface area contributed by atoms with E-state index in [0.29, 0.717) is 22.9 Å². The van der Waals surface area contributed by atoms with Crippen molar-refractivity contribution in [3.05, 3.63) is 23.8 Å². The maximum atomic E-state index is 11.8. The fourth-order valence-corrected chi connectivity index (χ4v) is 1.51. The predicted molar refractivity (Wildman–Crippen MR) is 59.2 cm³/mol. The van der Waals surface area contributed by atoms with E-state index < -0.39 is 0 Å². The van der Waals surface area contributed by atoms with E-state index in [2.05, 4.69) is 0 Å². The van der Waals surface area contributed by atoms with Crippen LogP contribution in [0.2, 0.25) is 0 Å². The van der Waals surface area contributed by atoms with E-state index in [1.54, 1.807) is 18.2 Å². The second-order valence-corrected chi connectivity index (χ2v) is 3.28. The predicted octanol–water partition coefficient (Wildman–Crippen LogP) is 2.52. The number of benzene rings is 1. The SMILES string of the molecule is COc1cccc(OC)c1C(=O)CCCl. The Hall–Kier alpha value is -1.22. The quantitative estimate of drug-likeness (QED) is 0.574. The van der Waals surface area contributed by atoms with Crippen molar-refractivity contribution in [2.45, 2.75) is 6.42 Å². The van der Waals surface area contributed by atoms with Gasteiger partial charge in [0.25, 0.3) is 0 Å². The third-order valence-electron chi connectivity index (χ3n) is 2.03. The Morgan fingerprint density at radius 1 is 1.27 bits per heavy atom. The zero-order valence-electron chi connectivity index (χ0n) is 8.75. The molecule has 0 radical (unpaired) electrons. The van der Waals surface area contributed by atoms with Gasteiger partial charge in [-0.2, -0.15) is 0 Å². The van der Waals surface area contributed by atoms with Crippen LogP contribution in [0.15, 0.2) is 18.2 Å². The summed E-state index contributed by atoms with van der Waals surface area (Å²) in [5.74, 6) is 1.26. The van der Waals surface area contributed by atoms with Gasteiger partial charge in [-0.05, 0) is 12.1 Å². The van der Waals surface area contributed by atoms with Gasteiger partial charge in [-0.1, -0.05) is 6.07 Å². The molecule has 0 saturated carbocycles. The van der Waals surface area contributed by atoms with Gasteiger partial charge in [0, 0.05) is 12.3 Å². The van der Waals surface area contributed by atoms with Gasteiger partial charge in [0.2, 0.25) is 0 Å². The smallest absolute Gasteiger partial charge is 0.171 e. The Kier molecular flexibility index (Phi) is 4.43. The number of hydrogen-bond donors (Lipinski definition) is 0. The Morgan fingerprint density at radius 2 is 1.80 bits per heavy atom. The number of methoxy groups -OCH3 is 2. The van der Waals surface area contributed by atoms with Gasteiger partial charge < -0.3 is 9.47 Å². The van der Waals surface area contributed by atoms with Gasteiger partial charge in [-0.3, -0.25) is 4.79 Å². The van der Waals surface area contributed by atoms with Crippen molar-refractivity contribution in [1.82, 2.24) is 0 Å². The van der Waals surface area contributed by atoms with Crippen LogP contribution in [0.1, 0.15) is 16.8 Å². The number of ketones is 1. The molecule has 1 aromatic carbocycles. The Balaban J connectivity index is 3.15. The molecule has 15 heavy (non-hydrogen) atoms. The van der Waals surface area contributed by atoms with Crippen molar-refractivity contribution in [1.29, 1.82) is 0 Å². The first-order valence-electron chi connectivity index (χ1n) is 4.54. The van der Waals surface area contributed by atoms with Crippen LogP contribution in [0.5, 0.6) is 11.5 Å². The van der Waals surface area contributed by atoms with Gasteiger partial charge in [0.15, 0.2) is 5.78 Å². The summed E-state index contributed by atoms with van der Waals surface area (Å²) < 4.78 is 10.2. The molecule has 0 N–H and O–H groups in total. The topological polar surface area (TPSA) is 35.5 Å². The highest BCUT2D eigenvalue weighted by Crippen LogP contribution is 2.29. The lowest BCUT2D eigenvalue weighted by Gasteiger charge is -2.11. The van der Waals surface area contributed by atoms with E-state index >= 15 is 0 Å². The molecule has 0 atom stereocenters. The van der Waals surface area contributed by atoms with Crippen LogP contribution < -0.4 is 9.47 Å². The molecule has 0 heterocycles. The lowest BCUT2D eigenvalue weighted by atomic mass is 10.1. The molecule has 0 saturated heterocycles. The van der Waals surface area contributed by atoms with Crippen LogP contribution >= 0.6 is 11.6 Å². The summed E-state index contributed by atoms with van der Waals surface area (Å²) in [6, 6.07) is 5.23. The molecule has 3 nitrogen and oxygen atoms in total. The van der Waals surface area contributed by atoms with E-state index in [4.69, 9.17) is 21.1 Å². The van der Waals surface area contributed by atoms with Crippen LogP contribution in [0.4, 0.5) is 0 Å². The number of carbonyl (C=O) groups excluding carboxylic acids is 1. The molecule has 1 aromatic rings. The largest absolute Gasteiger partial charge is 0.496 e. The lowest BCUT2D eigenvalue weighted by molar-refractivity contribution is 0.0983. The molecule has 0 aromatic heterocycles. The molecule has 0 aliphatic rings. The molecule has 0 bridgehead atoms. The van der Waals surface area contributed by atoms with E-state index in [9.17, 15) is 4.79 Å². The van der Waals surface area contributed by atoms with Gasteiger partial charge in [-0.25, -0.2) is 0 Å². The minimum Gasteiger partial charge on any atom is -0.496 e. The molecule has 0 amide bonds. The number of alkyl halides is 1. The number of Topliss-reactive ketones (excluding diaryl/α,β-unsaturated/α-hetero) is 1. The summed E-state index contributed by atoms with van der Waals surface area (Å²) in [4.78, 5) is 11.8. The first-order valence-corrected chi connectivity index (χ1v) is 5.08. The van der Waals surface area contributed by atoms with Crippen molar-refractivity contribution in [3.8, 4) is 11.5 Å². The second kappa shape index (κ2) is 5.61. The van der Waals surface area contributed by atoms with Crippen LogP contribution in [-0.2, 0) is 0 Å². The number of halogens is 1. The van der Waals surface area contributed by atoms with E-state index in [1.807, 2.05) is 0 Å². The number of carbonyl (C=O) groups is 1. The number of hydrogen-bond acceptors (Lipinski definition) is 3. The number of ether oxygens (including phenoxy) is 2. The maximum Gasteiger partial charge on any atom is 0.171 e. The summed E-state index contributed by atoms with van der Waals surface area (Å²) in [5.41, 5.74) is 0.461. The number of rotatable bonds is 5. The second-order valence-electron chi connectivity index (χ2n) is 2.90. The van der Waals surface area contributed by atoms with Crippen molar-refractivity contribution < 1.29 is 14.3 Å². The Bertz CT molecular complexity index is 327. The molecule has 0 spiro atoms.